The van der Waals surface area contributed by atoms with E-state index >= 15 is 0 Å². The second-order valence-electron chi connectivity index (χ2n) is 7.40. The molecule has 29 heavy (non-hydrogen) atoms. The van der Waals surface area contributed by atoms with Gasteiger partial charge in [-0.15, -0.1) is 0 Å². The fraction of sp³-hybridized carbons (Fsp3) is 0.381. The maximum Gasteiger partial charge on any atom is 0.272 e. The number of ether oxygens (including phenoxy) is 1. The van der Waals surface area contributed by atoms with Gasteiger partial charge in [-0.1, -0.05) is 12.1 Å². The molecule has 0 aliphatic carbocycles. The summed E-state index contributed by atoms with van der Waals surface area (Å²) in [7, 11) is 0. The van der Waals surface area contributed by atoms with E-state index in [9.17, 15) is 14.0 Å². The summed E-state index contributed by atoms with van der Waals surface area (Å²) in [5.74, 6) is -0.240. The van der Waals surface area contributed by atoms with Gasteiger partial charge in [0.25, 0.3) is 5.56 Å². The number of halogens is 1. The van der Waals surface area contributed by atoms with E-state index in [1.165, 1.54) is 22.7 Å². The predicted molar refractivity (Wildman–Crippen MR) is 105 cm³/mol. The lowest BCUT2D eigenvalue weighted by molar-refractivity contribution is -0.121. The van der Waals surface area contributed by atoms with Crippen molar-refractivity contribution in [2.75, 3.05) is 13.2 Å². The van der Waals surface area contributed by atoms with Crippen molar-refractivity contribution in [3.05, 3.63) is 69.5 Å². The van der Waals surface area contributed by atoms with Crippen molar-refractivity contribution in [1.29, 1.82) is 0 Å². The normalized spacial score (nSPS) is 16.1. The van der Waals surface area contributed by atoms with Gasteiger partial charge in [0.05, 0.1) is 18.2 Å². The highest BCUT2D eigenvalue weighted by Crippen LogP contribution is 2.26. The quantitative estimate of drug-likeness (QED) is 0.691. The van der Waals surface area contributed by atoms with Crippen molar-refractivity contribution < 1.29 is 13.9 Å². The van der Waals surface area contributed by atoms with Gasteiger partial charge < -0.3 is 10.1 Å². The van der Waals surface area contributed by atoms with Crippen LogP contribution in [0, 0.1) is 5.82 Å². The number of benzene rings is 1. The predicted octanol–water partition coefficient (Wildman–Crippen LogP) is 2.48. The van der Waals surface area contributed by atoms with Gasteiger partial charge in [0.2, 0.25) is 5.91 Å². The number of hydrogen-bond donors (Lipinski definition) is 2. The number of rotatable bonds is 5. The maximum atomic E-state index is 13.0. The molecule has 1 aliphatic heterocycles. The molecule has 1 amide bonds. The molecule has 2 N–H and O–H groups in total. The summed E-state index contributed by atoms with van der Waals surface area (Å²) in [4.78, 5) is 29.4. The molecule has 8 heteroatoms. The van der Waals surface area contributed by atoms with Gasteiger partial charge in [-0.05, 0) is 37.5 Å². The van der Waals surface area contributed by atoms with Crippen LogP contribution >= 0.6 is 0 Å². The average Bonchev–Trinajstić information content (AvgIpc) is 3.15. The monoisotopic (exact) mass is 398 g/mol. The first-order valence-corrected chi connectivity index (χ1v) is 9.74. The lowest BCUT2D eigenvalue weighted by Gasteiger charge is -2.20. The van der Waals surface area contributed by atoms with E-state index in [0.29, 0.717) is 36.0 Å². The molecule has 1 aromatic carbocycles. The van der Waals surface area contributed by atoms with Crippen LogP contribution in [-0.2, 0) is 16.0 Å². The lowest BCUT2D eigenvalue weighted by atomic mass is 9.97. The number of aromatic amines is 1. The number of carbonyl (C=O) groups excluding carboxylic acids is 1. The molecule has 0 radical (unpaired) electrons. The van der Waals surface area contributed by atoms with Crippen molar-refractivity contribution in [3.8, 4) is 0 Å². The number of carbonyl (C=O) groups is 1. The van der Waals surface area contributed by atoms with Crippen LogP contribution < -0.4 is 10.9 Å². The number of H-pyrrole nitrogens is 1. The summed E-state index contributed by atoms with van der Waals surface area (Å²) in [6, 6.07) is 8.70. The Labute approximate surface area is 166 Å². The Kier molecular flexibility index (Phi) is 5.44. The number of fused-ring (bicyclic) bond motifs is 1. The molecule has 152 valence electrons. The molecule has 1 atom stereocenters. The third-order valence-electron chi connectivity index (χ3n) is 5.25. The first kappa shape index (κ1) is 19.3. The van der Waals surface area contributed by atoms with E-state index in [-0.39, 0.29) is 23.7 Å². The Morgan fingerprint density at radius 1 is 1.31 bits per heavy atom. The summed E-state index contributed by atoms with van der Waals surface area (Å²) >= 11 is 0. The van der Waals surface area contributed by atoms with E-state index in [1.807, 2.05) is 6.07 Å². The van der Waals surface area contributed by atoms with Crippen LogP contribution in [0.25, 0.3) is 5.65 Å². The molecule has 0 bridgehead atoms. The molecule has 0 saturated carbocycles. The standard InChI is InChI=1S/C21H23FN4O3/c1-13(23-20(27)10-14-2-4-16(22)5-3-14)17-12-21(28)26-19(24-17)11-18(25-26)15-6-8-29-9-7-15/h2-5,11-13,15,25H,6-10H2,1H3,(H,23,27). The number of aromatic nitrogens is 3. The zero-order chi connectivity index (χ0) is 20.4. The Morgan fingerprint density at radius 2 is 2.03 bits per heavy atom. The van der Waals surface area contributed by atoms with Crippen molar-refractivity contribution in [2.45, 2.75) is 38.1 Å². The molecule has 3 heterocycles. The highest BCUT2D eigenvalue weighted by molar-refractivity contribution is 5.78. The molecule has 1 saturated heterocycles. The third-order valence-corrected chi connectivity index (χ3v) is 5.25. The van der Waals surface area contributed by atoms with Crippen molar-refractivity contribution in [1.82, 2.24) is 19.9 Å². The number of hydrogen-bond acceptors (Lipinski definition) is 4. The number of nitrogens with zero attached hydrogens (tertiary/aromatic N) is 2. The van der Waals surface area contributed by atoms with Crippen molar-refractivity contribution in [2.24, 2.45) is 0 Å². The Balaban J connectivity index is 1.49. The van der Waals surface area contributed by atoms with Crippen LogP contribution in [0.15, 0.2) is 41.2 Å². The molecule has 7 nitrogen and oxygen atoms in total. The minimum Gasteiger partial charge on any atom is -0.381 e. The number of amides is 1. The molecular formula is C21H23FN4O3. The van der Waals surface area contributed by atoms with Crippen molar-refractivity contribution >= 4 is 11.6 Å². The number of nitrogens with one attached hydrogen (secondary N) is 2. The van der Waals surface area contributed by atoms with Gasteiger partial charge >= 0.3 is 0 Å². The van der Waals surface area contributed by atoms with Gasteiger partial charge in [-0.2, -0.15) is 0 Å². The third kappa shape index (κ3) is 4.37. The SMILES string of the molecule is CC(NC(=O)Cc1ccc(F)cc1)c1cc(=O)n2[nH]c(C3CCOCC3)cc2n1. The zero-order valence-corrected chi connectivity index (χ0v) is 16.2. The van der Waals surface area contributed by atoms with E-state index in [1.54, 1.807) is 19.1 Å². The van der Waals surface area contributed by atoms with Gasteiger partial charge in [0.15, 0.2) is 5.65 Å². The molecule has 1 aliphatic rings. The molecule has 2 aromatic heterocycles. The largest absolute Gasteiger partial charge is 0.381 e. The zero-order valence-electron chi connectivity index (χ0n) is 16.2. The fourth-order valence-electron chi connectivity index (χ4n) is 3.62. The molecular weight excluding hydrogens is 375 g/mol. The summed E-state index contributed by atoms with van der Waals surface area (Å²) in [6.45, 7) is 3.21. The Bertz CT molecular complexity index is 1070. The first-order valence-electron chi connectivity index (χ1n) is 9.74. The topological polar surface area (TPSA) is 88.5 Å². The van der Waals surface area contributed by atoms with Gasteiger partial charge in [0, 0.05) is 37.0 Å². The van der Waals surface area contributed by atoms with E-state index in [0.717, 1.165) is 18.5 Å². The smallest absolute Gasteiger partial charge is 0.272 e. The Morgan fingerprint density at radius 3 is 2.76 bits per heavy atom. The van der Waals surface area contributed by atoms with Crippen LogP contribution in [-0.4, -0.2) is 33.7 Å². The van der Waals surface area contributed by atoms with E-state index in [4.69, 9.17) is 4.74 Å². The van der Waals surface area contributed by atoms with Crippen LogP contribution in [0.4, 0.5) is 4.39 Å². The van der Waals surface area contributed by atoms with Crippen LogP contribution in [0.5, 0.6) is 0 Å². The highest BCUT2D eigenvalue weighted by Gasteiger charge is 2.20. The molecule has 3 aromatic rings. The second-order valence-corrected chi connectivity index (χ2v) is 7.40. The van der Waals surface area contributed by atoms with Gasteiger partial charge in [-0.3, -0.25) is 14.7 Å². The molecule has 1 fully saturated rings. The minimum atomic E-state index is -0.429. The first-order chi connectivity index (χ1) is 14.0. The Hall–Kier alpha value is -3.00. The van der Waals surface area contributed by atoms with Crippen LogP contribution in [0.2, 0.25) is 0 Å². The maximum absolute atomic E-state index is 13.0. The van der Waals surface area contributed by atoms with Crippen LogP contribution in [0.3, 0.4) is 0 Å². The average molecular weight is 398 g/mol. The molecule has 0 spiro atoms. The van der Waals surface area contributed by atoms with Crippen LogP contribution in [0.1, 0.15) is 48.7 Å². The summed E-state index contributed by atoms with van der Waals surface area (Å²) in [6.07, 6.45) is 1.94. The van der Waals surface area contributed by atoms with E-state index < -0.39 is 6.04 Å². The molecule has 4 rings (SSSR count). The summed E-state index contributed by atoms with van der Waals surface area (Å²) < 4.78 is 19.8. The highest BCUT2D eigenvalue weighted by atomic mass is 19.1. The van der Waals surface area contributed by atoms with E-state index in [2.05, 4.69) is 15.4 Å². The van der Waals surface area contributed by atoms with Gasteiger partial charge in [-0.25, -0.2) is 13.9 Å². The fourth-order valence-corrected chi connectivity index (χ4v) is 3.62. The summed E-state index contributed by atoms with van der Waals surface area (Å²) in [5, 5.41) is 6.00. The summed E-state index contributed by atoms with van der Waals surface area (Å²) in [5.41, 5.74) is 2.51. The lowest BCUT2D eigenvalue weighted by Crippen LogP contribution is -2.30. The van der Waals surface area contributed by atoms with Crippen molar-refractivity contribution in [3.63, 3.8) is 0 Å². The second kappa shape index (κ2) is 8.16. The van der Waals surface area contributed by atoms with Gasteiger partial charge in [0.1, 0.15) is 5.82 Å². The minimum absolute atomic E-state index is 0.129. The molecule has 1 unspecified atom stereocenters.